The summed E-state index contributed by atoms with van der Waals surface area (Å²) in [5.41, 5.74) is 10.8. The van der Waals surface area contributed by atoms with Crippen molar-refractivity contribution in [3.8, 4) is 28.3 Å². The Morgan fingerprint density at radius 1 is 1.00 bits per heavy atom. The predicted molar refractivity (Wildman–Crippen MR) is 104 cm³/mol. The fraction of sp³-hybridized carbons (Fsp3) is 0.150. The quantitative estimate of drug-likeness (QED) is 0.522. The van der Waals surface area contributed by atoms with E-state index in [-0.39, 0.29) is 6.10 Å². The Morgan fingerprint density at radius 2 is 1.68 bits per heavy atom. The number of nitrogens with zero attached hydrogens (tertiary/aromatic N) is 2. The van der Waals surface area contributed by atoms with Gasteiger partial charge in [-0.25, -0.2) is 4.98 Å². The fourth-order valence-electron chi connectivity index (χ4n) is 2.76. The second-order valence-corrected chi connectivity index (χ2v) is 7.05. The van der Waals surface area contributed by atoms with Gasteiger partial charge in [-0.3, -0.25) is 4.40 Å². The van der Waals surface area contributed by atoms with Gasteiger partial charge in [0.25, 0.3) is 0 Å². The second-order valence-electron chi connectivity index (χ2n) is 6.21. The number of nitrogens with two attached hydrogens (primary N) is 1. The standard InChI is InChI=1S/C20H19N3OS/c1-13(2)24-17-9-5-15(6-10-17)19-12-25-20-22-18(11-23(19)20)14-3-7-16(21)8-4-14/h3-13H,21H2,1-2H3. The molecule has 0 aliphatic heterocycles. The summed E-state index contributed by atoms with van der Waals surface area (Å²) >= 11 is 1.64. The molecular formula is C20H19N3OS. The van der Waals surface area contributed by atoms with Crippen molar-refractivity contribution in [3.63, 3.8) is 0 Å². The van der Waals surface area contributed by atoms with Crippen LogP contribution in [0.4, 0.5) is 5.69 Å². The van der Waals surface area contributed by atoms with Crippen molar-refractivity contribution < 1.29 is 4.74 Å². The topological polar surface area (TPSA) is 52.5 Å². The van der Waals surface area contributed by atoms with Crippen molar-refractivity contribution in [2.45, 2.75) is 20.0 Å². The average molecular weight is 349 g/mol. The maximum atomic E-state index is 5.77. The zero-order chi connectivity index (χ0) is 17.4. The number of aromatic nitrogens is 2. The first kappa shape index (κ1) is 15.7. The van der Waals surface area contributed by atoms with E-state index in [0.717, 1.165) is 38.9 Å². The van der Waals surface area contributed by atoms with Gasteiger partial charge in [0.1, 0.15) is 5.75 Å². The highest BCUT2D eigenvalue weighted by Gasteiger charge is 2.11. The third-order valence-corrected chi connectivity index (χ3v) is 4.78. The third-order valence-electron chi connectivity index (χ3n) is 3.94. The lowest BCUT2D eigenvalue weighted by molar-refractivity contribution is 0.242. The number of benzene rings is 2. The Kier molecular flexibility index (Phi) is 3.93. The molecule has 0 atom stereocenters. The van der Waals surface area contributed by atoms with Crippen LogP contribution < -0.4 is 10.5 Å². The molecule has 25 heavy (non-hydrogen) atoms. The van der Waals surface area contributed by atoms with Crippen LogP contribution in [0.2, 0.25) is 0 Å². The van der Waals surface area contributed by atoms with Crippen LogP contribution in [0.5, 0.6) is 5.75 Å². The van der Waals surface area contributed by atoms with Crippen molar-refractivity contribution >= 4 is 22.0 Å². The molecule has 4 nitrogen and oxygen atoms in total. The SMILES string of the molecule is CC(C)Oc1ccc(-c2csc3nc(-c4ccc(N)cc4)cn23)cc1. The number of imidazole rings is 1. The van der Waals surface area contributed by atoms with E-state index in [2.05, 4.69) is 28.1 Å². The molecule has 4 aromatic rings. The molecule has 2 N–H and O–H groups in total. The zero-order valence-electron chi connectivity index (χ0n) is 14.1. The highest BCUT2D eigenvalue weighted by Crippen LogP contribution is 2.30. The molecule has 2 aromatic carbocycles. The largest absolute Gasteiger partial charge is 0.491 e. The van der Waals surface area contributed by atoms with E-state index in [1.54, 1.807) is 11.3 Å². The van der Waals surface area contributed by atoms with Crippen molar-refractivity contribution in [3.05, 3.63) is 60.1 Å². The number of hydrogen-bond donors (Lipinski definition) is 1. The van der Waals surface area contributed by atoms with Gasteiger partial charge in [0.15, 0.2) is 4.96 Å². The predicted octanol–water partition coefficient (Wildman–Crippen LogP) is 5.10. The Labute approximate surface area is 150 Å². The number of ether oxygens (including phenoxy) is 1. The van der Waals surface area contributed by atoms with Crippen LogP contribution in [0.15, 0.2) is 60.1 Å². The summed E-state index contributed by atoms with van der Waals surface area (Å²) in [6.07, 6.45) is 2.25. The summed E-state index contributed by atoms with van der Waals surface area (Å²) in [5, 5.41) is 2.13. The summed E-state index contributed by atoms with van der Waals surface area (Å²) in [4.78, 5) is 5.71. The van der Waals surface area contributed by atoms with Gasteiger partial charge in [-0.2, -0.15) is 0 Å². The third kappa shape index (κ3) is 3.10. The van der Waals surface area contributed by atoms with Crippen molar-refractivity contribution in [1.82, 2.24) is 9.38 Å². The first-order chi connectivity index (χ1) is 12.1. The van der Waals surface area contributed by atoms with Gasteiger partial charge in [-0.15, -0.1) is 11.3 Å². The van der Waals surface area contributed by atoms with Gasteiger partial charge in [0.2, 0.25) is 0 Å². The van der Waals surface area contributed by atoms with Gasteiger partial charge >= 0.3 is 0 Å². The lowest BCUT2D eigenvalue weighted by Gasteiger charge is -2.09. The van der Waals surface area contributed by atoms with Crippen LogP contribution in [0.25, 0.3) is 27.5 Å². The maximum Gasteiger partial charge on any atom is 0.194 e. The van der Waals surface area contributed by atoms with E-state index < -0.39 is 0 Å². The fourth-order valence-corrected chi connectivity index (χ4v) is 3.64. The van der Waals surface area contributed by atoms with E-state index in [9.17, 15) is 0 Å². The number of nitrogen functional groups attached to an aromatic ring is 1. The lowest BCUT2D eigenvalue weighted by atomic mass is 10.1. The highest BCUT2D eigenvalue weighted by atomic mass is 32.1. The summed E-state index contributed by atoms with van der Waals surface area (Å²) in [6, 6.07) is 16.0. The van der Waals surface area contributed by atoms with E-state index in [1.165, 1.54) is 0 Å². The molecule has 126 valence electrons. The summed E-state index contributed by atoms with van der Waals surface area (Å²) in [7, 11) is 0. The van der Waals surface area contributed by atoms with E-state index >= 15 is 0 Å². The van der Waals surface area contributed by atoms with Crippen molar-refractivity contribution in [2.24, 2.45) is 0 Å². The lowest BCUT2D eigenvalue weighted by Crippen LogP contribution is -2.05. The van der Waals surface area contributed by atoms with Crippen LogP contribution in [0.3, 0.4) is 0 Å². The molecule has 0 saturated heterocycles. The Morgan fingerprint density at radius 3 is 2.36 bits per heavy atom. The highest BCUT2D eigenvalue weighted by molar-refractivity contribution is 7.15. The minimum Gasteiger partial charge on any atom is -0.491 e. The molecule has 0 fully saturated rings. The van der Waals surface area contributed by atoms with Crippen LogP contribution in [-0.4, -0.2) is 15.5 Å². The number of hydrogen-bond acceptors (Lipinski definition) is 4. The molecule has 5 heteroatoms. The van der Waals surface area contributed by atoms with Gasteiger partial charge < -0.3 is 10.5 Å². The maximum absolute atomic E-state index is 5.77. The van der Waals surface area contributed by atoms with Crippen LogP contribution in [0.1, 0.15) is 13.8 Å². The second kappa shape index (κ2) is 6.26. The molecular weight excluding hydrogens is 330 g/mol. The molecule has 2 aromatic heterocycles. The van der Waals surface area contributed by atoms with Crippen molar-refractivity contribution in [2.75, 3.05) is 5.73 Å². The molecule has 0 amide bonds. The minimum atomic E-state index is 0.176. The summed E-state index contributed by atoms with van der Waals surface area (Å²) < 4.78 is 7.85. The molecule has 2 heterocycles. The van der Waals surface area contributed by atoms with Gasteiger partial charge in [0.05, 0.1) is 17.5 Å². The minimum absolute atomic E-state index is 0.176. The van der Waals surface area contributed by atoms with Gasteiger partial charge in [0, 0.05) is 22.8 Å². The zero-order valence-corrected chi connectivity index (χ0v) is 15.0. The summed E-state index contributed by atoms with van der Waals surface area (Å²) in [6.45, 7) is 4.06. The van der Waals surface area contributed by atoms with E-state index in [0.29, 0.717) is 0 Å². The molecule has 0 aliphatic rings. The van der Waals surface area contributed by atoms with E-state index in [4.69, 9.17) is 15.5 Å². The van der Waals surface area contributed by atoms with Crippen molar-refractivity contribution in [1.29, 1.82) is 0 Å². The monoisotopic (exact) mass is 349 g/mol. The normalized spacial score (nSPS) is 11.3. The van der Waals surface area contributed by atoms with Crippen LogP contribution >= 0.6 is 11.3 Å². The number of anilines is 1. The Hall–Kier alpha value is -2.79. The van der Waals surface area contributed by atoms with E-state index in [1.807, 2.05) is 50.2 Å². The number of thiazole rings is 1. The molecule has 0 radical (unpaired) electrons. The van der Waals surface area contributed by atoms with Gasteiger partial charge in [-0.05, 0) is 55.8 Å². The average Bonchev–Trinajstić information content (AvgIpc) is 3.16. The Balaban J connectivity index is 1.69. The molecule has 0 aliphatic carbocycles. The first-order valence-electron chi connectivity index (χ1n) is 8.20. The Bertz CT molecular complexity index is 998. The summed E-state index contributed by atoms with van der Waals surface area (Å²) in [5.74, 6) is 0.887. The van der Waals surface area contributed by atoms with Gasteiger partial charge in [-0.1, -0.05) is 12.1 Å². The first-order valence-corrected chi connectivity index (χ1v) is 9.08. The molecule has 4 rings (SSSR count). The van der Waals surface area contributed by atoms with Crippen LogP contribution in [0, 0.1) is 0 Å². The number of fused-ring (bicyclic) bond motifs is 1. The molecule has 0 saturated carbocycles. The molecule has 0 unspecified atom stereocenters. The molecule has 0 bridgehead atoms. The van der Waals surface area contributed by atoms with Crippen LogP contribution in [-0.2, 0) is 0 Å². The number of rotatable bonds is 4. The molecule has 0 spiro atoms. The smallest absolute Gasteiger partial charge is 0.194 e.